The Balaban J connectivity index is 1.97. The van der Waals surface area contributed by atoms with Crippen molar-refractivity contribution in [2.24, 2.45) is 0 Å². The van der Waals surface area contributed by atoms with Crippen LogP contribution in [0.5, 0.6) is 11.5 Å². The Kier molecular flexibility index (Phi) is 6.19. The number of aromatic nitrogens is 1. The zero-order valence-corrected chi connectivity index (χ0v) is 14.9. The second-order valence-corrected chi connectivity index (χ2v) is 5.72. The number of pyridine rings is 1. The summed E-state index contributed by atoms with van der Waals surface area (Å²) in [5, 5.41) is 9.25. The van der Waals surface area contributed by atoms with E-state index in [1.807, 2.05) is 0 Å². The van der Waals surface area contributed by atoms with E-state index in [4.69, 9.17) is 21.4 Å². The van der Waals surface area contributed by atoms with Gasteiger partial charge < -0.3 is 14.7 Å². The molecule has 1 N–H and O–H groups in total. The number of nitrogens with zero attached hydrogens (tertiary/aromatic N) is 3. The predicted octanol–water partition coefficient (Wildman–Crippen LogP) is 2.95. The molecule has 1 aromatic carbocycles. The van der Waals surface area contributed by atoms with Crippen LogP contribution in [-0.4, -0.2) is 45.1 Å². The summed E-state index contributed by atoms with van der Waals surface area (Å²) < 4.78 is 6.24. The Morgan fingerprint density at radius 2 is 1.92 bits per heavy atom. The standard InChI is InChI=1S/C17H18ClN3O4/c1-12(16-9-6-14(22)10-19-16)21(18)24-11-13-4-7-15(8-5-13)25-17(23)20(2)3/h4-10H,11H2,1-3H3/p+1. The molecule has 2 aromatic rings. The van der Waals surface area contributed by atoms with Gasteiger partial charge in [-0.25, -0.2) is 9.78 Å². The van der Waals surface area contributed by atoms with E-state index in [0.717, 1.165) is 9.82 Å². The van der Waals surface area contributed by atoms with Crippen LogP contribution >= 0.6 is 11.8 Å². The molecule has 0 bridgehead atoms. The summed E-state index contributed by atoms with van der Waals surface area (Å²) in [7, 11) is 3.22. The predicted molar refractivity (Wildman–Crippen MR) is 92.7 cm³/mol. The molecule has 132 valence electrons. The first kappa shape index (κ1) is 18.5. The molecule has 0 spiro atoms. The van der Waals surface area contributed by atoms with Crippen LogP contribution < -0.4 is 4.74 Å². The van der Waals surface area contributed by atoms with E-state index >= 15 is 0 Å². The van der Waals surface area contributed by atoms with Gasteiger partial charge in [0, 0.05) is 21.0 Å². The molecule has 1 amide bonds. The van der Waals surface area contributed by atoms with Gasteiger partial charge in [0.15, 0.2) is 6.61 Å². The number of halogens is 1. The number of hydrogen-bond donors (Lipinski definition) is 1. The number of hydrogen-bond acceptors (Lipinski definition) is 5. The van der Waals surface area contributed by atoms with Crippen LogP contribution in [0.3, 0.4) is 0 Å². The zero-order valence-electron chi connectivity index (χ0n) is 14.1. The minimum absolute atomic E-state index is 0.0775. The molecule has 25 heavy (non-hydrogen) atoms. The minimum atomic E-state index is -0.442. The number of carbonyl (C=O) groups excluding carboxylic acids is 1. The van der Waals surface area contributed by atoms with E-state index in [-0.39, 0.29) is 12.4 Å². The summed E-state index contributed by atoms with van der Waals surface area (Å²) in [5.74, 6) is 0.523. The van der Waals surface area contributed by atoms with Crippen LogP contribution in [-0.2, 0) is 11.4 Å². The van der Waals surface area contributed by atoms with E-state index < -0.39 is 6.09 Å². The molecule has 0 aliphatic carbocycles. The summed E-state index contributed by atoms with van der Waals surface area (Å²) in [6.07, 6.45) is 0.889. The molecule has 0 radical (unpaired) electrons. The molecular weight excluding hydrogens is 346 g/mol. The van der Waals surface area contributed by atoms with Crippen molar-refractivity contribution < 1.29 is 23.7 Å². The van der Waals surface area contributed by atoms with E-state index in [1.165, 1.54) is 17.2 Å². The van der Waals surface area contributed by atoms with Gasteiger partial charge in [0.25, 0.3) is 5.71 Å². The van der Waals surface area contributed by atoms with Gasteiger partial charge in [-0.1, -0.05) is 12.1 Å². The summed E-state index contributed by atoms with van der Waals surface area (Å²) in [4.78, 5) is 22.4. The number of rotatable bonds is 5. The monoisotopic (exact) mass is 364 g/mol. The topological polar surface area (TPSA) is 74.9 Å². The highest BCUT2D eigenvalue weighted by atomic mass is 35.5. The Hall–Kier alpha value is -2.80. The first-order valence-electron chi connectivity index (χ1n) is 7.42. The molecule has 1 aromatic heterocycles. The van der Waals surface area contributed by atoms with E-state index in [9.17, 15) is 9.90 Å². The maximum atomic E-state index is 11.5. The fraction of sp³-hybridized carbons (Fsp3) is 0.235. The van der Waals surface area contributed by atoms with Gasteiger partial charge in [0.1, 0.15) is 17.2 Å². The van der Waals surface area contributed by atoms with Crippen molar-refractivity contribution >= 4 is 23.6 Å². The van der Waals surface area contributed by atoms with Crippen molar-refractivity contribution in [2.75, 3.05) is 14.1 Å². The van der Waals surface area contributed by atoms with Crippen LogP contribution in [0.25, 0.3) is 0 Å². The van der Waals surface area contributed by atoms with Crippen molar-refractivity contribution in [2.45, 2.75) is 13.5 Å². The lowest BCUT2D eigenvalue weighted by atomic mass is 10.2. The van der Waals surface area contributed by atoms with Gasteiger partial charge in [-0.05, 0) is 29.8 Å². The Labute approximate surface area is 150 Å². The fourth-order valence-electron chi connectivity index (χ4n) is 1.76. The molecule has 0 atom stereocenters. The van der Waals surface area contributed by atoms with Crippen LogP contribution in [0, 0.1) is 0 Å². The molecule has 0 unspecified atom stereocenters. The first-order valence-corrected chi connectivity index (χ1v) is 7.76. The molecule has 1 heterocycles. The fourth-order valence-corrected chi connectivity index (χ4v) is 1.90. The average Bonchev–Trinajstić information content (AvgIpc) is 2.60. The lowest BCUT2D eigenvalue weighted by Gasteiger charge is -2.10. The van der Waals surface area contributed by atoms with Crippen molar-refractivity contribution in [3.8, 4) is 11.5 Å². The summed E-state index contributed by atoms with van der Waals surface area (Å²) >= 11 is 6.09. The molecule has 8 heteroatoms. The van der Waals surface area contributed by atoms with Crippen LogP contribution in [0.4, 0.5) is 4.79 Å². The quantitative estimate of drug-likeness (QED) is 0.501. The summed E-state index contributed by atoms with van der Waals surface area (Å²) in [6, 6.07) is 10.1. The third kappa shape index (κ3) is 5.36. The van der Waals surface area contributed by atoms with Crippen molar-refractivity contribution in [1.29, 1.82) is 0 Å². The normalized spacial score (nSPS) is 11.5. The molecule has 0 aliphatic rings. The van der Waals surface area contributed by atoms with E-state index in [0.29, 0.717) is 17.2 Å². The summed E-state index contributed by atoms with van der Waals surface area (Å²) in [5.41, 5.74) is 2.01. The van der Waals surface area contributed by atoms with E-state index in [2.05, 4.69) is 4.98 Å². The average molecular weight is 365 g/mol. The second-order valence-electron chi connectivity index (χ2n) is 5.41. The van der Waals surface area contributed by atoms with Crippen molar-refractivity contribution in [1.82, 2.24) is 9.88 Å². The van der Waals surface area contributed by atoms with Gasteiger partial charge in [-0.3, -0.25) is 4.84 Å². The first-order chi connectivity index (χ1) is 11.9. The molecule has 0 saturated carbocycles. The van der Waals surface area contributed by atoms with Crippen LogP contribution in [0.1, 0.15) is 18.2 Å². The van der Waals surface area contributed by atoms with Gasteiger partial charge in [0.05, 0.1) is 10.5 Å². The lowest BCUT2D eigenvalue weighted by Crippen LogP contribution is -2.25. The molecular formula is C17H19ClN3O4+. The van der Waals surface area contributed by atoms with Gasteiger partial charge in [0.2, 0.25) is 0 Å². The molecule has 0 saturated heterocycles. The summed E-state index contributed by atoms with van der Waals surface area (Å²) in [6.45, 7) is 1.97. The van der Waals surface area contributed by atoms with Gasteiger partial charge in [-0.15, -0.1) is 0 Å². The number of ether oxygens (including phenoxy) is 1. The second kappa shape index (κ2) is 8.34. The zero-order chi connectivity index (χ0) is 18.4. The maximum absolute atomic E-state index is 11.5. The third-order valence-electron chi connectivity index (χ3n) is 3.22. The Morgan fingerprint density at radius 3 is 2.48 bits per heavy atom. The van der Waals surface area contributed by atoms with Crippen molar-refractivity contribution in [3.63, 3.8) is 0 Å². The Morgan fingerprint density at radius 1 is 1.24 bits per heavy atom. The van der Waals surface area contributed by atoms with Gasteiger partial charge in [-0.2, -0.15) is 0 Å². The van der Waals surface area contributed by atoms with Crippen LogP contribution in [0.15, 0.2) is 42.6 Å². The highest BCUT2D eigenvalue weighted by Crippen LogP contribution is 2.14. The smallest absolute Gasteiger partial charge is 0.414 e. The maximum Gasteiger partial charge on any atom is 0.414 e. The number of carbonyl (C=O) groups is 1. The Bertz CT molecular complexity index is 758. The van der Waals surface area contributed by atoms with Crippen molar-refractivity contribution in [3.05, 3.63) is 53.9 Å². The van der Waals surface area contributed by atoms with Crippen LogP contribution in [0.2, 0.25) is 0 Å². The number of benzene rings is 1. The molecule has 2 rings (SSSR count). The lowest BCUT2D eigenvalue weighted by molar-refractivity contribution is -0.688. The van der Waals surface area contributed by atoms with E-state index in [1.54, 1.807) is 51.4 Å². The number of amides is 1. The highest BCUT2D eigenvalue weighted by molar-refractivity contribution is 6.10. The largest absolute Gasteiger partial charge is 0.506 e. The molecule has 0 fully saturated rings. The SMILES string of the molecule is CC(c1ccc(O)cn1)=[N+](Cl)OCc1ccc(OC(=O)N(C)C)cc1. The molecule has 0 aliphatic heterocycles. The third-order valence-corrected chi connectivity index (χ3v) is 3.57. The number of aromatic hydroxyl groups is 1. The highest BCUT2D eigenvalue weighted by Gasteiger charge is 2.15. The minimum Gasteiger partial charge on any atom is -0.506 e. The molecule has 7 nitrogen and oxygen atoms in total. The van der Waals surface area contributed by atoms with Gasteiger partial charge >= 0.3 is 17.9 Å².